The molecular formula is C20H24ClN7O4S. The van der Waals surface area contributed by atoms with Gasteiger partial charge in [0.05, 0.1) is 22.5 Å². The highest BCUT2D eigenvalue weighted by Gasteiger charge is 2.22. The maximum Gasteiger partial charge on any atom is 0.332 e. The molecule has 3 heterocycles. The van der Waals surface area contributed by atoms with Crippen molar-refractivity contribution in [2.75, 3.05) is 14.1 Å². The predicted molar refractivity (Wildman–Crippen MR) is 125 cm³/mol. The van der Waals surface area contributed by atoms with Crippen LogP contribution in [0.25, 0.3) is 22.2 Å². The molecule has 0 saturated carbocycles. The smallest absolute Gasteiger partial charge is 0.326 e. The molecule has 4 aromatic rings. The van der Waals surface area contributed by atoms with E-state index >= 15 is 0 Å². The molecule has 0 radical (unpaired) electrons. The third-order valence-corrected chi connectivity index (χ3v) is 7.73. The molecule has 1 aromatic carbocycles. The van der Waals surface area contributed by atoms with Gasteiger partial charge in [0.2, 0.25) is 15.3 Å². The normalized spacial score (nSPS) is 12.5. The summed E-state index contributed by atoms with van der Waals surface area (Å²) in [7, 11) is 2.25. The second kappa shape index (κ2) is 8.12. The summed E-state index contributed by atoms with van der Waals surface area (Å²) in [5.41, 5.74) is 0.653. The number of halogens is 1. The van der Waals surface area contributed by atoms with Gasteiger partial charge in [0.25, 0.3) is 5.56 Å². The van der Waals surface area contributed by atoms with Crippen LogP contribution in [0.4, 0.5) is 0 Å². The number of aromatic nitrogens is 6. The highest BCUT2D eigenvalue weighted by atomic mass is 35.5. The first-order chi connectivity index (χ1) is 15.5. The zero-order valence-electron chi connectivity index (χ0n) is 18.9. The third kappa shape index (κ3) is 3.58. The van der Waals surface area contributed by atoms with Gasteiger partial charge in [-0.3, -0.25) is 13.9 Å². The number of nitrogens with zero attached hydrogens (tertiary/aromatic N) is 7. The molecule has 0 bridgehead atoms. The van der Waals surface area contributed by atoms with Crippen molar-refractivity contribution in [3.8, 4) is 0 Å². The molecule has 0 unspecified atom stereocenters. The fourth-order valence-corrected chi connectivity index (χ4v) is 4.98. The van der Waals surface area contributed by atoms with E-state index < -0.39 is 21.3 Å². The molecule has 0 N–H and O–H groups in total. The molecule has 4 rings (SSSR count). The monoisotopic (exact) mass is 493 g/mol. The Balaban J connectivity index is 1.93. The SMILES string of the molecule is CCCn1c(Cn2c(Cl)nc3c2c(=O)n(C)c(=O)n3C)nc2cc(S(=O)(=O)N(C)C)ccc21. The maximum absolute atomic E-state index is 12.9. The van der Waals surface area contributed by atoms with Crippen LogP contribution in [0.2, 0.25) is 5.28 Å². The van der Waals surface area contributed by atoms with Crippen molar-refractivity contribution in [1.29, 1.82) is 0 Å². The number of imidazole rings is 2. The molecule has 13 heteroatoms. The van der Waals surface area contributed by atoms with E-state index in [0.29, 0.717) is 17.9 Å². The van der Waals surface area contributed by atoms with Gasteiger partial charge in [0.15, 0.2) is 11.2 Å². The molecule has 0 amide bonds. The van der Waals surface area contributed by atoms with Gasteiger partial charge in [0, 0.05) is 34.7 Å². The minimum absolute atomic E-state index is 0.0503. The summed E-state index contributed by atoms with van der Waals surface area (Å²) in [5.74, 6) is 0.586. The van der Waals surface area contributed by atoms with E-state index in [1.54, 1.807) is 12.1 Å². The minimum atomic E-state index is -3.62. The van der Waals surface area contributed by atoms with Crippen molar-refractivity contribution in [2.24, 2.45) is 14.1 Å². The third-order valence-electron chi connectivity index (χ3n) is 5.63. The van der Waals surface area contributed by atoms with E-state index in [2.05, 4.69) is 9.97 Å². The summed E-state index contributed by atoms with van der Waals surface area (Å²) >= 11 is 6.38. The molecular weight excluding hydrogens is 470 g/mol. The van der Waals surface area contributed by atoms with Crippen molar-refractivity contribution in [3.63, 3.8) is 0 Å². The number of fused-ring (bicyclic) bond motifs is 2. The topological polar surface area (TPSA) is 117 Å². The molecule has 3 aromatic heterocycles. The van der Waals surface area contributed by atoms with Crippen LogP contribution in [0.1, 0.15) is 19.2 Å². The summed E-state index contributed by atoms with van der Waals surface area (Å²) in [6, 6.07) is 4.82. The molecule has 33 heavy (non-hydrogen) atoms. The summed E-state index contributed by atoms with van der Waals surface area (Å²) in [5, 5.41) is 0.0503. The second-order valence-electron chi connectivity index (χ2n) is 7.96. The Labute approximate surface area is 194 Å². The number of sulfonamides is 1. The van der Waals surface area contributed by atoms with Gasteiger partial charge in [0.1, 0.15) is 5.82 Å². The Morgan fingerprint density at radius 2 is 1.76 bits per heavy atom. The fourth-order valence-electron chi connectivity index (χ4n) is 3.83. The van der Waals surface area contributed by atoms with Crippen molar-refractivity contribution < 1.29 is 8.42 Å². The maximum atomic E-state index is 12.9. The van der Waals surface area contributed by atoms with Crippen LogP contribution in [0.5, 0.6) is 0 Å². The number of hydrogen-bond donors (Lipinski definition) is 0. The molecule has 0 atom stereocenters. The van der Waals surface area contributed by atoms with Crippen LogP contribution >= 0.6 is 11.6 Å². The van der Waals surface area contributed by atoms with E-state index in [1.165, 1.54) is 43.4 Å². The lowest BCUT2D eigenvalue weighted by Crippen LogP contribution is -2.37. The van der Waals surface area contributed by atoms with Crippen LogP contribution in [0.15, 0.2) is 32.7 Å². The Hall–Kier alpha value is -2.96. The van der Waals surface area contributed by atoms with Gasteiger partial charge in [-0.25, -0.2) is 22.5 Å². The first kappa shape index (κ1) is 23.2. The van der Waals surface area contributed by atoms with Crippen LogP contribution in [0.3, 0.4) is 0 Å². The van der Waals surface area contributed by atoms with E-state index in [4.69, 9.17) is 11.6 Å². The van der Waals surface area contributed by atoms with Crippen molar-refractivity contribution in [3.05, 3.63) is 50.1 Å². The molecule has 0 spiro atoms. The molecule has 176 valence electrons. The number of hydrogen-bond acceptors (Lipinski definition) is 6. The first-order valence-electron chi connectivity index (χ1n) is 10.2. The van der Waals surface area contributed by atoms with Gasteiger partial charge in [-0.15, -0.1) is 0 Å². The molecule has 0 aliphatic heterocycles. The molecule has 0 saturated heterocycles. The summed E-state index contributed by atoms with van der Waals surface area (Å²) in [6.45, 7) is 2.77. The fraction of sp³-hybridized carbons (Fsp3) is 0.400. The zero-order valence-corrected chi connectivity index (χ0v) is 20.5. The largest absolute Gasteiger partial charge is 0.332 e. The van der Waals surface area contributed by atoms with Gasteiger partial charge in [-0.1, -0.05) is 6.92 Å². The number of rotatable bonds is 6. The number of benzene rings is 1. The van der Waals surface area contributed by atoms with Crippen molar-refractivity contribution in [2.45, 2.75) is 31.3 Å². The lowest BCUT2D eigenvalue weighted by molar-refractivity contribution is 0.521. The highest BCUT2D eigenvalue weighted by molar-refractivity contribution is 7.89. The first-order valence-corrected chi connectivity index (χ1v) is 12.0. The predicted octanol–water partition coefficient (Wildman–Crippen LogP) is 1.15. The van der Waals surface area contributed by atoms with E-state index in [9.17, 15) is 18.0 Å². The number of aryl methyl sites for hydroxylation is 2. The standard InChI is InChI=1S/C20H24ClN7O4S/c1-6-9-27-14-8-7-12(33(31,32)24(2)3)10-13(14)22-15(27)11-28-16-17(23-19(28)21)25(4)20(30)26(5)18(16)29/h7-8,10H,6,9,11H2,1-5H3. The van der Waals surface area contributed by atoms with Crippen LogP contribution < -0.4 is 11.2 Å². The van der Waals surface area contributed by atoms with Crippen LogP contribution in [-0.2, 0) is 37.2 Å². The highest BCUT2D eigenvalue weighted by Crippen LogP contribution is 2.24. The Morgan fingerprint density at radius 3 is 2.39 bits per heavy atom. The van der Waals surface area contributed by atoms with Gasteiger partial charge >= 0.3 is 5.69 Å². The lowest BCUT2D eigenvalue weighted by Gasteiger charge is -2.12. The molecule has 0 aliphatic rings. The Kier molecular flexibility index (Phi) is 5.71. The lowest BCUT2D eigenvalue weighted by atomic mass is 10.3. The summed E-state index contributed by atoms with van der Waals surface area (Å²) in [6.07, 6.45) is 0.810. The molecule has 0 fully saturated rings. The van der Waals surface area contributed by atoms with Gasteiger partial charge < -0.3 is 9.13 Å². The van der Waals surface area contributed by atoms with Crippen LogP contribution in [-0.4, -0.2) is 55.1 Å². The average molecular weight is 494 g/mol. The summed E-state index contributed by atoms with van der Waals surface area (Å²) < 4.78 is 32.0. The van der Waals surface area contributed by atoms with E-state index in [1.807, 2.05) is 11.5 Å². The average Bonchev–Trinajstić information content (AvgIpc) is 3.28. The van der Waals surface area contributed by atoms with Crippen molar-refractivity contribution in [1.82, 2.24) is 32.5 Å². The van der Waals surface area contributed by atoms with Gasteiger partial charge in [-0.2, -0.15) is 4.98 Å². The van der Waals surface area contributed by atoms with E-state index in [0.717, 1.165) is 20.8 Å². The van der Waals surface area contributed by atoms with Crippen LogP contribution in [0, 0.1) is 0 Å². The van der Waals surface area contributed by atoms with Gasteiger partial charge in [-0.05, 0) is 36.2 Å². The molecule has 11 nitrogen and oxygen atoms in total. The Morgan fingerprint density at radius 1 is 1.06 bits per heavy atom. The minimum Gasteiger partial charge on any atom is -0.326 e. The Bertz CT molecular complexity index is 1630. The summed E-state index contributed by atoms with van der Waals surface area (Å²) in [4.78, 5) is 34.2. The zero-order chi connectivity index (χ0) is 24.2. The quantitative estimate of drug-likeness (QED) is 0.372. The van der Waals surface area contributed by atoms with E-state index in [-0.39, 0.29) is 27.9 Å². The van der Waals surface area contributed by atoms with Crippen molar-refractivity contribution >= 4 is 43.8 Å². The molecule has 0 aliphatic carbocycles. The second-order valence-corrected chi connectivity index (χ2v) is 10.5.